The Hall–Kier alpha value is -0.290. The van der Waals surface area contributed by atoms with Crippen LogP contribution in [0.3, 0.4) is 0 Å². The molecule has 0 spiro atoms. The van der Waals surface area contributed by atoms with E-state index < -0.39 is 28.3 Å². The summed E-state index contributed by atoms with van der Waals surface area (Å²) in [4.78, 5) is 0. The fourth-order valence-corrected chi connectivity index (χ4v) is 0.657. The lowest BCUT2D eigenvalue weighted by Crippen LogP contribution is -2.56. The van der Waals surface area contributed by atoms with Gasteiger partial charge in [0.05, 0.1) is 13.2 Å². The van der Waals surface area contributed by atoms with Gasteiger partial charge in [-0.2, -0.15) is 8.42 Å². The highest BCUT2D eigenvalue weighted by Crippen LogP contribution is 2.10. The number of aliphatic hydroxyl groups is 2. The Labute approximate surface area is 95.2 Å². The first-order chi connectivity index (χ1) is 6.98. The van der Waals surface area contributed by atoms with Crippen LogP contribution in [-0.4, -0.2) is 48.2 Å². The Morgan fingerprint density at radius 1 is 1.38 bits per heavy atom. The normalized spacial score (nSPS) is 16.0. The molecule has 0 rings (SSSR count). The molecular formula is C7H20N2O6S. The van der Waals surface area contributed by atoms with Crippen LogP contribution in [0.2, 0.25) is 0 Å². The van der Waals surface area contributed by atoms with Crippen molar-refractivity contribution in [1.82, 2.24) is 0 Å². The van der Waals surface area contributed by atoms with Crippen molar-refractivity contribution in [2.24, 2.45) is 11.5 Å². The molecule has 0 fully saturated rings. The van der Waals surface area contributed by atoms with Crippen molar-refractivity contribution < 1.29 is 27.4 Å². The summed E-state index contributed by atoms with van der Waals surface area (Å²) >= 11 is 0. The predicted octanol–water partition coefficient (Wildman–Crippen LogP) is -1.81. The van der Waals surface area contributed by atoms with Gasteiger partial charge in [0.25, 0.3) is 0 Å². The Bertz CT molecular complexity index is 277. The Morgan fingerprint density at radius 2 is 1.69 bits per heavy atom. The Kier molecular flexibility index (Phi) is 8.04. The molecule has 9 heteroatoms. The van der Waals surface area contributed by atoms with Gasteiger partial charge in [-0.1, -0.05) is 6.92 Å². The highest BCUT2D eigenvalue weighted by Gasteiger charge is 2.31. The van der Waals surface area contributed by atoms with Crippen molar-refractivity contribution in [3.63, 3.8) is 0 Å². The van der Waals surface area contributed by atoms with Crippen LogP contribution in [0.4, 0.5) is 0 Å². The molecule has 0 aromatic heterocycles. The van der Waals surface area contributed by atoms with Crippen LogP contribution in [0, 0.1) is 0 Å². The van der Waals surface area contributed by atoms with Crippen LogP contribution in [0.25, 0.3) is 0 Å². The lowest BCUT2D eigenvalue weighted by Gasteiger charge is -2.29. The van der Waals surface area contributed by atoms with Gasteiger partial charge in [0.2, 0.25) is 0 Å². The monoisotopic (exact) mass is 260 g/mol. The third-order valence-corrected chi connectivity index (χ3v) is 2.25. The molecule has 0 heterocycles. The molecule has 8 nitrogen and oxygen atoms in total. The number of hydrogen-bond acceptors (Lipinski definition) is 7. The van der Waals surface area contributed by atoms with E-state index in [4.69, 9.17) is 26.2 Å². The van der Waals surface area contributed by atoms with Gasteiger partial charge in [-0.05, 0) is 13.3 Å². The largest absolute Gasteiger partial charge is 0.397 e. The predicted molar refractivity (Wildman–Crippen MR) is 57.6 cm³/mol. The summed E-state index contributed by atoms with van der Waals surface area (Å²) in [5.74, 6) is -1.83. The summed E-state index contributed by atoms with van der Waals surface area (Å²) < 4.78 is 29.7. The zero-order valence-electron chi connectivity index (χ0n) is 9.49. The van der Waals surface area contributed by atoms with Crippen molar-refractivity contribution >= 4 is 10.4 Å². The van der Waals surface area contributed by atoms with Crippen molar-refractivity contribution in [1.29, 1.82) is 0 Å². The van der Waals surface area contributed by atoms with Crippen molar-refractivity contribution in [2.75, 3.05) is 7.11 Å². The van der Waals surface area contributed by atoms with Gasteiger partial charge in [0.15, 0.2) is 5.79 Å². The van der Waals surface area contributed by atoms with E-state index in [0.29, 0.717) is 0 Å². The van der Waals surface area contributed by atoms with Gasteiger partial charge in [0, 0.05) is 6.04 Å². The van der Waals surface area contributed by atoms with Crippen molar-refractivity contribution in [3.8, 4) is 0 Å². The maximum Gasteiger partial charge on any atom is 0.397 e. The summed E-state index contributed by atoms with van der Waals surface area (Å²) in [6.45, 7) is 3.28. The van der Waals surface area contributed by atoms with Gasteiger partial charge in [-0.3, -0.25) is 8.74 Å². The van der Waals surface area contributed by atoms with E-state index in [2.05, 4.69) is 4.18 Å². The molecule has 0 aliphatic heterocycles. The first kappa shape index (κ1) is 18.1. The average Bonchev–Trinajstić information content (AvgIpc) is 2.16. The van der Waals surface area contributed by atoms with Crippen LogP contribution < -0.4 is 11.5 Å². The maximum absolute atomic E-state index is 9.33. The molecular weight excluding hydrogens is 240 g/mol. The van der Waals surface area contributed by atoms with E-state index >= 15 is 0 Å². The third-order valence-electron chi connectivity index (χ3n) is 1.83. The van der Waals surface area contributed by atoms with E-state index in [9.17, 15) is 8.42 Å². The SMILES string of the molecule is CCC(O)(O)C(N)C(C)N.COS(=O)(=O)O. The summed E-state index contributed by atoms with van der Waals surface area (Å²) in [6, 6.07) is -1.19. The van der Waals surface area contributed by atoms with Gasteiger partial charge < -0.3 is 21.7 Å². The molecule has 0 aliphatic carbocycles. The average molecular weight is 260 g/mol. The molecule has 16 heavy (non-hydrogen) atoms. The lowest BCUT2D eigenvalue weighted by molar-refractivity contribution is -0.180. The third kappa shape index (κ3) is 8.97. The molecule has 0 amide bonds. The molecule has 0 saturated heterocycles. The van der Waals surface area contributed by atoms with Gasteiger partial charge >= 0.3 is 10.4 Å². The topological polar surface area (TPSA) is 156 Å². The minimum atomic E-state index is -4.16. The van der Waals surface area contributed by atoms with E-state index in [-0.39, 0.29) is 6.42 Å². The summed E-state index contributed by atoms with van der Waals surface area (Å²) in [6.07, 6.45) is 0.190. The quantitative estimate of drug-likeness (QED) is 0.292. The van der Waals surface area contributed by atoms with Crippen LogP contribution in [0.5, 0.6) is 0 Å². The molecule has 100 valence electrons. The van der Waals surface area contributed by atoms with Crippen molar-refractivity contribution in [2.45, 2.75) is 38.1 Å². The smallest absolute Gasteiger partial charge is 0.364 e. The number of nitrogens with two attached hydrogens (primary N) is 2. The lowest BCUT2D eigenvalue weighted by atomic mass is 10.00. The first-order valence-electron chi connectivity index (χ1n) is 4.46. The molecule has 0 saturated carbocycles. The second kappa shape index (κ2) is 7.12. The fourth-order valence-electron chi connectivity index (χ4n) is 0.657. The van der Waals surface area contributed by atoms with E-state index in [0.717, 1.165) is 7.11 Å². The summed E-state index contributed by atoms with van der Waals surface area (Å²) in [5, 5.41) is 18.2. The Balaban J connectivity index is 0. The number of rotatable bonds is 4. The van der Waals surface area contributed by atoms with Crippen LogP contribution in [0.15, 0.2) is 0 Å². The molecule has 0 radical (unpaired) electrons. The van der Waals surface area contributed by atoms with Gasteiger partial charge in [0.1, 0.15) is 0 Å². The number of hydrogen-bond donors (Lipinski definition) is 5. The minimum Gasteiger partial charge on any atom is -0.364 e. The summed E-state index contributed by atoms with van der Waals surface area (Å²) in [7, 11) is -3.29. The van der Waals surface area contributed by atoms with Crippen LogP contribution in [-0.2, 0) is 14.6 Å². The maximum atomic E-state index is 9.33. The second-order valence-corrected chi connectivity index (χ2v) is 4.40. The minimum absolute atomic E-state index is 0.190. The molecule has 0 bridgehead atoms. The molecule has 7 N–H and O–H groups in total. The second-order valence-electron chi connectivity index (χ2n) is 3.21. The highest BCUT2D eigenvalue weighted by molar-refractivity contribution is 7.80. The highest BCUT2D eigenvalue weighted by atomic mass is 32.3. The molecule has 0 aromatic rings. The first-order valence-corrected chi connectivity index (χ1v) is 5.83. The molecule has 2 atom stereocenters. The standard InChI is InChI=1S/C6H16N2O2.CH4O4S/c1-3-6(9,10)5(8)4(2)7;1-5-6(2,3)4/h4-5,9-10H,3,7-8H2,1-2H3;1H3,(H,2,3,4). The van der Waals surface area contributed by atoms with Gasteiger partial charge in [-0.25, -0.2) is 0 Å². The molecule has 2 unspecified atom stereocenters. The molecule has 0 aliphatic rings. The Morgan fingerprint density at radius 3 is 1.75 bits per heavy atom. The van der Waals surface area contributed by atoms with Crippen molar-refractivity contribution in [3.05, 3.63) is 0 Å². The zero-order valence-corrected chi connectivity index (χ0v) is 10.3. The van der Waals surface area contributed by atoms with Gasteiger partial charge in [-0.15, -0.1) is 0 Å². The summed E-state index contributed by atoms with van der Waals surface area (Å²) in [5.41, 5.74) is 10.7. The molecule has 0 aromatic carbocycles. The van der Waals surface area contributed by atoms with E-state index in [1.165, 1.54) is 0 Å². The van der Waals surface area contributed by atoms with E-state index in [1.807, 2.05) is 0 Å². The fraction of sp³-hybridized carbons (Fsp3) is 1.00. The van der Waals surface area contributed by atoms with E-state index in [1.54, 1.807) is 13.8 Å². The van der Waals surface area contributed by atoms with Crippen LogP contribution >= 0.6 is 0 Å². The zero-order chi connectivity index (χ0) is 13.6. The van der Waals surface area contributed by atoms with Crippen LogP contribution in [0.1, 0.15) is 20.3 Å².